The van der Waals surface area contributed by atoms with Crippen molar-refractivity contribution in [1.82, 2.24) is 9.78 Å². The number of rotatable bonds is 3. The maximum absolute atomic E-state index is 11.8. The van der Waals surface area contributed by atoms with Gasteiger partial charge in [-0.1, -0.05) is 0 Å². The number of alkyl halides is 3. The zero-order valence-electron chi connectivity index (χ0n) is 7.88. The fourth-order valence-electron chi connectivity index (χ4n) is 0.843. The lowest BCUT2D eigenvalue weighted by Crippen LogP contribution is -2.19. The molecule has 14 heavy (non-hydrogen) atoms. The fraction of sp³-hybridized carbons (Fsp3) is 0.625. The molecule has 0 radical (unpaired) electrons. The quantitative estimate of drug-likeness (QED) is 0.762. The first-order valence-corrected chi connectivity index (χ1v) is 4.12. The van der Waals surface area contributed by atoms with Crippen LogP contribution in [0.2, 0.25) is 0 Å². The molecule has 1 aromatic heterocycles. The lowest BCUT2D eigenvalue weighted by Gasteiger charge is -2.06. The molecule has 0 bridgehead atoms. The minimum absolute atomic E-state index is 0.109. The highest BCUT2D eigenvalue weighted by atomic mass is 19.4. The van der Waals surface area contributed by atoms with Gasteiger partial charge in [0.2, 0.25) is 0 Å². The maximum Gasteiger partial charge on any atom is 0.422 e. The molecule has 0 aliphatic carbocycles. The maximum atomic E-state index is 11.8. The highest BCUT2D eigenvalue weighted by molar-refractivity contribution is 5.12. The van der Waals surface area contributed by atoms with Crippen LogP contribution in [-0.4, -0.2) is 22.6 Å². The number of hydrogen-bond acceptors (Lipinski definition) is 2. The van der Waals surface area contributed by atoms with Crippen molar-refractivity contribution >= 4 is 0 Å². The predicted octanol–water partition coefficient (Wildman–Crippen LogP) is 2.41. The zero-order valence-corrected chi connectivity index (χ0v) is 7.88. The predicted molar refractivity (Wildman–Crippen MR) is 44.2 cm³/mol. The number of hydrogen-bond donors (Lipinski definition) is 0. The summed E-state index contributed by atoms with van der Waals surface area (Å²) in [5.41, 5.74) is 0. The molecular weight excluding hydrogens is 197 g/mol. The van der Waals surface area contributed by atoms with Crippen molar-refractivity contribution in [1.29, 1.82) is 0 Å². The van der Waals surface area contributed by atoms with Crippen molar-refractivity contribution in [3.8, 4) is 5.75 Å². The van der Waals surface area contributed by atoms with E-state index in [1.165, 1.54) is 17.1 Å². The van der Waals surface area contributed by atoms with Crippen molar-refractivity contribution in [3.05, 3.63) is 12.4 Å². The molecule has 0 atom stereocenters. The van der Waals surface area contributed by atoms with Gasteiger partial charge >= 0.3 is 6.18 Å². The van der Waals surface area contributed by atoms with Crippen molar-refractivity contribution in [2.45, 2.75) is 26.1 Å². The topological polar surface area (TPSA) is 27.1 Å². The Kier molecular flexibility index (Phi) is 3.03. The summed E-state index contributed by atoms with van der Waals surface area (Å²) in [6, 6.07) is 0.109. The van der Waals surface area contributed by atoms with Crippen LogP contribution in [0.1, 0.15) is 19.9 Å². The van der Waals surface area contributed by atoms with Gasteiger partial charge in [-0.3, -0.25) is 4.68 Å². The first-order chi connectivity index (χ1) is 6.38. The molecule has 1 aromatic rings. The van der Waals surface area contributed by atoms with E-state index in [9.17, 15) is 13.2 Å². The largest absolute Gasteiger partial charge is 0.481 e. The second kappa shape index (κ2) is 3.89. The van der Waals surface area contributed by atoms with E-state index in [0.29, 0.717) is 0 Å². The zero-order chi connectivity index (χ0) is 10.8. The van der Waals surface area contributed by atoms with Crippen LogP contribution in [-0.2, 0) is 0 Å². The van der Waals surface area contributed by atoms with Crippen LogP contribution in [0.4, 0.5) is 13.2 Å². The fourth-order valence-corrected chi connectivity index (χ4v) is 0.843. The number of aromatic nitrogens is 2. The highest BCUT2D eigenvalue weighted by Crippen LogP contribution is 2.18. The number of halogens is 3. The van der Waals surface area contributed by atoms with Gasteiger partial charge in [-0.05, 0) is 13.8 Å². The third-order valence-electron chi connectivity index (χ3n) is 1.51. The summed E-state index contributed by atoms with van der Waals surface area (Å²) < 4.78 is 41.3. The number of ether oxygens (including phenoxy) is 1. The van der Waals surface area contributed by atoms with Crippen molar-refractivity contribution < 1.29 is 17.9 Å². The summed E-state index contributed by atoms with van der Waals surface area (Å²) in [7, 11) is 0. The molecule has 1 rings (SSSR count). The summed E-state index contributed by atoms with van der Waals surface area (Å²) in [4.78, 5) is 0. The number of nitrogens with zero attached hydrogens (tertiary/aromatic N) is 2. The molecule has 0 saturated heterocycles. The summed E-state index contributed by atoms with van der Waals surface area (Å²) in [5.74, 6) is 0.135. The molecule has 0 aliphatic rings. The molecule has 1 heterocycles. The molecule has 0 N–H and O–H groups in total. The summed E-state index contributed by atoms with van der Waals surface area (Å²) in [6.07, 6.45) is -1.60. The smallest absolute Gasteiger partial charge is 0.422 e. The van der Waals surface area contributed by atoms with E-state index in [4.69, 9.17) is 0 Å². The SMILES string of the molecule is CC(C)n1cc(OCC(F)(F)F)cn1. The van der Waals surface area contributed by atoms with Gasteiger partial charge in [0, 0.05) is 6.04 Å². The Morgan fingerprint density at radius 2 is 2.14 bits per heavy atom. The van der Waals surface area contributed by atoms with Gasteiger partial charge in [0.15, 0.2) is 12.4 Å². The van der Waals surface area contributed by atoms with Crippen molar-refractivity contribution in [2.24, 2.45) is 0 Å². The van der Waals surface area contributed by atoms with Crippen LogP contribution in [0.5, 0.6) is 5.75 Å². The van der Waals surface area contributed by atoms with Crippen LogP contribution in [0.3, 0.4) is 0 Å². The summed E-state index contributed by atoms with van der Waals surface area (Å²) in [6.45, 7) is 2.47. The van der Waals surface area contributed by atoms with Crippen LogP contribution in [0.15, 0.2) is 12.4 Å². The summed E-state index contributed by atoms with van der Waals surface area (Å²) in [5, 5.41) is 3.84. The molecule has 3 nitrogen and oxygen atoms in total. The monoisotopic (exact) mass is 208 g/mol. The van der Waals surface area contributed by atoms with Gasteiger partial charge in [-0.15, -0.1) is 0 Å². The van der Waals surface area contributed by atoms with E-state index >= 15 is 0 Å². The van der Waals surface area contributed by atoms with Crippen molar-refractivity contribution in [2.75, 3.05) is 6.61 Å². The molecule has 0 amide bonds. The molecule has 80 valence electrons. The third kappa shape index (κ3) is 3.27. The second-order valence-corrected chi connectivity index (χ2v) is 3.15. The second-order valence-electron chi connectivity index (χ2n) is 3.15. The van der Waals surface area contributed by atoms with Gasteiger partial charge in [0.1, 0.15) is 0 Å². The molecule has 0 saturated carbocycles. The Hall–Kier alpha value is -1.20. The average Bonchev–Trinajstić information content (AvgIpc) is 2.47. The van der Waals surface area contributed by atoms with Crippen LogP contribution in [0, 0.1) is 0 Å². The van der Waals surface area contributed by atoms with E-state index < -0.39 is 12.8 Å². The molecular formula is C8H11F3N2O. The van der Waals surface area contributed by atoms with E-state index in [1.54, 1.807) is 0 Å². The Bertz CT molecular complexity index is 293. The molecule has 0 fully saturated rings. The minimum Gasteiger partial charge on any atom is -0.481 e. The van der Waals surface area contributed by atoms with Gasteiger partial charge in [0.25, 0.3) is 0 Å². The van der Waals surface area contributed by atoms with Crippen LogP contribution >= 0.6 is 0 Å². The van der Waals surface area contributed by atoms with Gasteiger partial charge in [0.05, 0.1) is 12.4 Å². The molecule has 0 aliphatic heterocycles. The molecule has 6 heteroatoms. The van der Waals surface area contributed by atoms with Crippen molar-refractivity contribution in [3.63, 3.8) is 0 Å². The van der Waals surface area contributed by atoms with Gasteiger partial charge < -0.3 is 4.74 Å². The van der Waals surface area contributed by atoms with E-state index in [-0.39, 0.29) is 11.8 Å². The van der Waals surface area contributed by atoms with E-state index in [1.807, 2.05) is 13.8 Å². The lowest BCUT2D eigenvalue weighted by atomic mass is 10.4. The Morgan fingerprint density at radius 1 is 1.50 bits per heavy atom. The standard InChI is InChI=1S/C8H11F3N2O/c1-6(2)13-4-7(3-12-13)14-5-8(9,10)11/h3-4,6H,5H2,1-2H3. The Morgan fingerprint density at radius 3 is 2.57 bits per heavy atom. The summed E-state index contributed by atoms with van der Waals surface area (Å²) >= 11 is 0. The van der Waals surface area contributed by atoms with Gasteiger partial charge in [-0.2, -0.15) is 18.3 Å². The minimum atomic E-state index is -4.31. The van der Waals surface area contributed by atoms with Crippen LogP contribution < -0.4 is 4.74 Å². The molecule has 0 aromatic carbocycles. The highest BCUT2D eigenvalue weighted by Gasteiger charge is 2.28. The molecule has 0 unspecified atom stereocenters. The first kappa shape index (κ1) is 10.9. The Labute approximate surface area is 79.5 Å². The lowest BCUT2D eigenvalue weighted by molar-refractivity contribution is -0.153. The normalized spacial score (nSPS) is 12.1. The first-order valence-electron chi connectivity index (χ1n) is 4.12. The Balaban J connectivity index is 2.52. The third-order valence-corrected chi connectivity index (χ3v) is 1.51. The van der Waals surface area contributed by atoms with Gasteiger partial charge in [-0.25, -0.2) is 0 Å². The molecule has 0 spiro atoms. The van der Waals surface area contributed by atoms with E-state index in [2.05, 4.69) is 9.84 Å². The average molecular weight is 208 g/mol. The van der Waals surface area contributed by atoms with Crippen LogP contribution in [0.25, 0.3) is 0 Å². The van der Waals surface area contributed by atoms with E-state index in [0.717, 1.165) is 0 Å².